The predicted octanol–water partition coefficient (Wildman–Crippen LogP) is 1.78. The molecule has 0 spiro atoms. The molecule has 4 nitrogen and oxygen atoms in total. The smallest absolute Gasteiger partial charge is 0.223 e. The molecule has 18 heavy (non-hydrogen) atoms. The predicted molar refractivity (Wildman–Crippen MR) is 70.4 cm³/mol. The molecule has 1 aliphatic carbocycles. The normalized spacial score (nSPS) is 23.8. The molecule has 1 aliphatic rings. The zero-order valence-corrected chi connectivity index (χ0v) is 10.8. The first-order chi connectivity index (χ1) is 8.37. The van der Waals surface area contributed by atoms with Crippen molar-refractivity contribution in [3.05, 3.63) is 53.6 Å². The molecule has 0 bridgehead atoms. The number of para-hydroxylation sites is 1. The second-order valence-electron chi connectivity index (χ2n) is 4.44. The third-order valence-electron chi connectivity index (χ3n) is 3.21. The highest BCUT2D eigenvalue weighted by atomic mass is 32.2. The van der Waals surface area contributed by atoms with Crippen molar-refractivity contribution < 1.29 is 13.5 Å². The van der Waals surface area contributed by atoms with Gasteiger partial charge in [0, 0.05) is 5.56 Å². The molecule has 0 fully saturated rings. The molecule has 3 N–H and O–H groups in total. The molecule has 5 heteroatoms. The van der Waals surface area contributed by atoms with Gasteiger partial charge in [0.1, 0.15) is 10.5 Å². The van der Waals surface area contributed by atoms with Crippen molar-refractivity contribution in [2.75, 3.05) is 0 Å². The zero-order chi connectivity index (χ0) is 13.4. The number of phenols is 1. The Morgan fingerprint density at radius 3 is 2.50 bits per heavy atom. The molecule has 0 saturated heterocycles. The van der Waals surface area contributed by atoms with Crippen molar-refractivity contribution in [1.82, 2.24) is 0 Å². The van der Waals surface area contributed by atoms with Crippen LogP contribution >= 0.6 is 0 Å². The van der Waals surface area contributed by atoms with E-state index in [2.05, 4.69) is 0 Å². The number of hydrogen-bond donors (Lipinski definition) is 2. The summed E-state index contributed by atoms with van der Waals surface area (Å²) >= 11 is 0. The molecule has 0 heterocycles. The van der Waals surface area contributed by atoms with Gasteiger partial charge in [-0.1, -0.05) is 42.0 Å². The summed E-state index contributed by atoms with van der Waals surface area (Å²) in [6, 6.07) is 6.37. The molecule has 0 radical (unpaired) electrons. The van der Waals surface area contributed by atoms with E-state index in [9.17, 15) is 13.5 Å². The Bertz CT molecular complexity index is 631. The van der Waals surface area contributed by atoms with Gasteiger partial charge in [0.05, 0.1) is 0 Å². The second kappa shape index (κ2) is 4.26. The number of primary sulfonamides is 1. The van der Waals surface area contributed by atoms with Gasteiger partial charge in [0.25, 0.3) is 0 Å². The molecule has 2 rings (SSSR count). The second-order valence-corrected chi connectivity index (χ2v) is 6.26. The molecular formula is C13H15NO3S. The van der Waals surface area contributed by atoms with Gasteiger partial charge in [0.15, 0.2) is 0 Å². The molecular weight excluding hydrogens is 250 g/mol. The molecule has 1 unspecified atom stereocenters. The third kappa shape index (κ3) is 1.95. The summed E-state index contributed by atoms with van der Waals surface area (Å²) in [6.45, 7) is 1.88. The van der Waals surface area contributed by atoms with Gasteiger partial charge in [-0.2, -0.15) is 0 Å². The minimum absolute atomic E-state index is 0.0656. The Balaban J connectivity index is 2.67. The van der Waals surface area contributed by atoms with Crippen LogP contribution in [0.15, 0.2) is 48.1 Å². The summed E-state index contributed by atoms with van der Waals surface area (Å²) in [5.74, 6) is -0.0656. The van der Waals surface area contributed by atoms with Gasteiger partial charge in [-0.3, -0.25) is 0 Å². The van der Waals surface area contributed by atoms with E-state index in [0.717, 1.165) is 5.57 Å². The molecule has 96 valence electrons. The van der Waals surface area contributed by atoms with E-state index >= 15 is 0 Å². The van der Waals surface area contributed by atoms with Crippen LogP contribution in [0.3, 0.4) is 0 Å². The number of nitrogens with two attached hydrogens (primary N) is 1. The Labute approximate surface area is 106 Å². The summed E-state index contributed by atoms with van der Waals surface area (Å²) in [5, 5.41) is 15.3. The maximum Gasteiger partial charge on any atom is 0.223 e. The number of allylic oxidation sites excluding steroid dienone is 3. The van der Waals surface area contributed by atoms with Gasteiger partial charge in [0.2, 0.25) is 10.0 Å². The van der Waals surface area contributed by atoms with Crippen LogP contribution in [0.4, 0.5) is 0 Å². The summed E-state index contributed by atoms with van der Waals surface area (Å²) < 4.78 is 22.5. The van der Waals surface area contributed by atoms with Crippen LogP contribution in [-0.4, -0.2) is 13.5 Å². The van der Waals surface area contributed by atoms with Crippen LogP contribution in [0.2, 0.25) is 0 Å². The maximum atomic E-state index is 12.0. The topological polar surface area (TPSA) is 80.4 Å². The van der Waals surface area contributed by atoms with E-state index in [0.29, 0.717) is 5.56 Å². The van der Waals surface area contributed by atoms with Crippen molar-refractivity contribution in [3.8, 4) is 5.75 Å². The van der Waals surface area contributed by atoms with E-state index in [1.54, 1.807) is 36.4 Å². The van der Waals surface area contributed by atoms with Crippen molar-refractivity contribution in [3.63, 3.8) is 0 Å². The lowest BCUT2D eigenvalue weighted by Crippen LogP contribution is -2.39. The first-order valence-electron chi connectivity index (χ1n) is 5.54. The number of sulfonamides is 1. The Kier molecular flexibility index (Phi) is 3.04. The summed E-state index contributed by atoms with van der Waals surface area (Å²) in [5.41, 5.74) is 1.29. The average molecular weight is 265 g/mol. The molecule has 1 aromatic carbocycles. The Morgan fingerprint density at radius 2 is 2.00 bits per heavy atom. The fraction of sp³-hybridized carbons (Fsp3) is 0.231. The van der Waals surface area contributed by atoms with Gasteiger partial charge < -0.3 is 5.11 Å². The third-order valence-corrected chi connectivity index (χ3v) is 4.75. The molecule has 0 aromatic heterocycles. The van der Waals surface area contributed by atoms with Crippen LogP contribution in [-0.2, 0) is 14.8 Å². The molecule has 0 saturated carbocycles. The first-order valence-corrected chi connectivity index (χ1v) is 7.08. The molecule has 0 amide bonds. The lowest BCUT2D eigenvalue weighted by Gasteiger charge is -2.30. The van der Waals surface area contributed by atoms with Crippen molar-refractivity contribution in [2.45, 2.75) is 18.1 Å². The number of aromatic hydroxyl groups is 1. The van der Waals surface area contributed by atoms with E-state index in [4.69, 9.17) is 5.14 Å². The highest BCUT2D eigenvalue weighted by molar-refractivity contribution is 7.90. The van der Waals surface area contributed by atoms with Gasteiger partial charge in [-0.25, -0.2) is 13.6 Å². The number of hydrogen-bond acceptors (Lipinski definition) is 3. The van der Waals surface area contributed by atoms with Crippen molar-refractivity contribution in [1.29, 1.82) is 0 Å². The Morgan fingerprint density at radius 1 is 1.33 bits per heavy atom. The lowest BCUT2D eigenvalue weighted by atomic mass is 9.89. The summed E-state index contributed by atoms with van der Waals surface area (Å²) in [7, 11) is -3.88. The quantitative estimate of drug-likeness (QED) is 0.855. The summed E-state index contributed by atoms with van der Waals surface area (Å²) in [6.07, 6.45) is 5.29. The van der Waals surface area contributed by atoms with E-state index in [-0.39, 0.29) is 12.2 Å². The molecule has 1 atom stereocenters. The van der Waals surface area contributed by atoms with Gasteiger partial charge >= 0.3 is 0 Å². The largest absolute Gasteiger partial charge is 0.508 e. The zero-order valence-electron chi connectivity index (χ0n) is 10.00. The number of rotatable bonds is 2. The fourth-order valence-corrected chi connectivity index (χ4v) is 3.16. The van der Waals surface area contributed by atoms with E-state index < -0.39 is 14.8 Å². The lowest BCUT2D eigenvalue weighted by molar-refractivity contribution is 0.457. The average Bonchev–Trinajstić information content (AvgIpc) is 2.30. The molecule has 1 aromatic rings. The minimum atomic E-state index is -3.88. The highest BCUT2D eigenvalue weighted by Gasteiger charge is 2.43. The van der Waals surface area contributed by atoms with Gasteiger partial charge in [-0.15, -0.1) is 0 Å². The monoisotopic (exact) mass is 265 g/mol. The van der Waals surface area contributed by atoms with Crippen LogP contribution in [0.25, 0.3) is 0 Å². The van der Waals surface area contributed by atoms with Crippen LogP contribution in [0, 0.1) is 0 Å². The number of benzene rings is 1. The maximum absolute atomic E-state index is 12.0. The fourth-order valence-electron chi connectivity index (χ4n) is 2.11. The standard InChI is InChI=1S/C13H15NO3S/c1-10-6-8-13(9-7-10,18(14,16)17)11-4-2-3-5-12(11)15/h2-8,15H,9H2,1H3,(H2,14,16,17). The van der Waals surface area contributed by atoms with Crippen molar-refractivity contribution in [2.24, 2.45) is 5.14 Å². The van der Waals surface area contributed by atoms with Gasteiger partial charge in [-0.05, 0) is 19.4 Å². The summed E-state index contributed by atoms with van der Waals surface area (Å²) in [4.78, 5) is 0. The SMILES string of the molecule is CC1=CCC(c2ccccc2O)(S(N)(=O)=O)C=C1. The van der Waals surface area contributed by atoms with E-state index in [1.807, 2.05) is 6.92 Å². The number of phenolic OH excluding ortho intramolecular Hbond substituents is 1. The van der Waals surface area contributed by atoms with Crippen LogP contribution < -0.4 is 5.14 Å². The van der Waals surface area contributed by atoms with E-state index in [1.165, 1.54) is 6.07 Å². The molecule has 0 aliphatic heterocycles. The van der Waals surface area contributed by atoms with Crippen molar-refractivity contribution >= 4 is 10.0 Å². The highest BCUT2D eigenvalue weighted by Crippen LogP contribution is 2.41. The van der Waals surface area contributed by atoms with Crippen LogP contribution in [0.5, 0.6) is 5.75 Å². The minimum Gasteiger partial charge on any atom is -0.508 e. The first kappa shape index (κ1) is 12.9. The van der Waals surface area contributed by atoms with Crippen LogP contribution in [0.1, 0.15) is 18.9 Å². The Hall–Kier alpha value is -1.59.